The SMILES string of the molecule is CN(C)Cc1c(-c2ccccc2)c(Cl)nc2[nH]c3ccccc3c12. The molecule has 24 heavy (non-hydrogen) atoms. The molecule has 1 N–H and O–H groups in total. The molecule has 0 bridgehead atoms. The summed E-state index contributed by atoms with van der Waals surface area (Å²) in [5, 5.41) is 2.88. The minimum Gasteiger partial charge on any atom is -0.339 e. The summed E-state index contributed by atoms with van der Waals surface area (Å²) in [5.41, 5.74) is 5.25. The van der Waals surface area contributed by atoms with E-state index in [1.165, 1.54) is 10.9 Å². The highest BCUT2D eigenvalue weighted by Crippen LogP contribution is 2.38. The number of fused-ring (bicyclic) bond motifs is 3. The van der Waals surface area contributed by atoms with Gasteiger partial charge in [0.15, 0.2) is 0 Å². The molecule has 0 radical (unpaired) electrons. The van der Waals surface area contributed by atoms with Gasteiger partial charge < -0.3 is 9.88 Å². The zero-order valence-corrected chi connectivity index (χ0v) is 14.4. The number of rotatable bonds is 3. The molecule has 0 aliphatic heterocycles. The number of nitrogens with one attached hydrogen (secondary N) is 1. The Bertz CT molecular complexity index is 1020. The van der Waals surface area contributed by atoms with Gasteiger partial charge in [-0.25, -0.2) is 4.98 Å². The van der Waals surface area contributed by atoms with Gasteiger partial charge in [-0.1, -0.05) is 60.1 Å². The average molecular weight is 336 g/mol. The summed E-state index contributed by atoms with van der Waals surface area (Å²) in [4.78, 5) is 10.2. The molecule has 0 atom stereocenters. The second kappa shape index (κ2) is 5.93. The van der Waals surface area contributed by atoms with Crippen LogP contribution in [-0.2, 0) is 6.54 Å². The van der Waals surface area contributed by atoms with Crippen molar-refractivity contribution in [3.05, 3.63) is 65.3 Å². The number of halogens is 1. The number of benzene rings is 2. The lowest BCUT2D eigenvalue weighted by Crippen LogP contribution is -2.12. The van der Waals surface area contributed by atoms with Crippen molar-refractivity contribution in [3.63, 3.8) is 0 Å². The Morgan fingerprint density at radius 2 is 1.71 bits per heavy atom. The summed E-state index contributed by atoms with van der Waals surface area (Å²) < 4.78 is 0. The largest absolute Gasteiger partial charge is 0.339 e. The molecule has 0 amide bonds. The zero-order chi connectivity index (χ0) is 16.7. The molecular weight excluding hydrogens is 318 g/mol. The normalized spacial score (nSPS) is 11.7. The number of aromatic nitrogens is 2. The zero-order valence-electron chi connectivity index (χ0n) is 13.7. The van der Waals surface area contributed by atoms with Gasteiger partial charge >= 0.3 is 0 Å². The van der Waals surface area contributed by atoms with Crippen molar-refractivity contribution in [2.75, 3.05) is 14.1 Å². The molecule has 0 fully saturated rings. The number of nitrogens with zero attached hydrogens (tertiary/aromatic N) is 2. The molecule has 4 aromatic rings. The molecule has 0 saturated heterocycles. The highest BCUT2D eigenvalue weighted by atomic mass is 35.5. The summed E-state index contributed by atoms with van der Waals surface area (Å²) in [5.74, 6) is 0. The number of pyridine rings is 1. The molecule has 4 heteroatoms. The predicted molar refractivity (Wildman–Crippen MR) is 101 cm³/mol. The van der Waals surface area contributed by atoms with E-state index in [0.717, 1.165) is 34.2 Å². The number of aromatic amines is 1. The van der Waals surface area contributed by atoms with E-state index in [4.69, 9.17) is 11.6 Å². The molecule has 0 saturated carbocycles. The van der Waals surface area contributed by atoms with Crippen LogP contribution in [0.1, 0.15) is 5.56 Å². The van der Waals surface area contributed by atoms with Crippen molar-refractivity contribution in [2.45, 2.75) is 6.54 Å². The van der Waals surface area contributed by atoms with Crippen LogP contribution in [0.4, 0.5) is 0 Å². The van der Waals surface area contributed by atoms with E-state index in [0.29, 0.717) is 5.15 Å². The molecule has 0 spiro atoms. The Morgan fingerprint density at radius 3 is 2.46 bits per heavy atom. The minimum atomic E-state index is 0.539. The summed E-state index contributed by atoms with van der Waals surface area (Å²) in [6.45, 7) is 0.796. The Labute approximate surface area is 145 Å². The summed E-state index contributed by atoms with van der Waals surface area (Å²) in [6.07, 6.45) is 0. The summed E-state index contributed by atoms with van der Waals surface area (Å²) in [7, 11) is 4.15. The van der Waals surface area contributed by atoms with Gasteiger partial charge in [-0.05, 0) is 31.3 Å². The lowest BCUT2D eigenvalue weighted by molar-refractivity contribution is 0.404. The van der Waals surface area contributed by atoms with Crippen LogP contribution < -0.4 is 0 Å². The number of H-pyrrole nitrogens is 1. The lowest BCUT2D eigenvalue weighted by Gasteiger charge is -2.17. The standard InChI is InChI=1S/C20H18ClN3/c1-24(2)12-15-17(13-8-4-3-5-9-13)19(21)23-20-18(15)14-10-6-7-11-16(14)22-20/h3-11H,12H2,1-2H3,(H,22,23). The average Bonchev–Trinajstić information content (AvgIpc) is 2.93. The minimum absolute atomic E-state index is 0.539. The highest BCUT2D eigenvalue weighted by molar-refractivity contribution is 6.33. The number of hydrogen-bond acceptors (Lipinski definition) is 2. The van der Waals surface area contributed by atoms with E-state index in [1.807, 2.05) is 24.3 Å². The third-order valence-electron chi connectivity index (χ3n) is 4.24. The Morgan fingerprint density at radius 1 is 1.00 bits per heavy atom. The third-order valence-corrected chi connectivity index (χ3v) is 4.52. The third kappa shape index (κ3) is 2.46. The first-order valence-corrected chi connectivity index (χ1v) is 8.32. The van der Waals surface area contributed by atoms with Crippen molar-refractivity contribution in [1.82, 2.24) is 14.9 Å². The molecule has 3 nitrogen and oxygen atoms in total. The maximum Gasteiger partial charge on any atom is 0.140 e. The van der Waals surface area contributed by atoms with Gasteiger partial charge in [0.05, 0.1) is 0 Å². The first-order valence-electron chi connectivity index (χ1n) is 7.94. The van der Waals surface area contributed by atoms with Crippen LogP contribution in [0.2, 0.25) is 5.15 Å². The Hall–Kier alpha value is -2.36. The van der Waals surface area contributed by atoms with Crippen LogP contribution in [0.5, 0.6) is 0 Å². The topological polar surface area (TPSA) is 31.9 Å². The van der Waals surface area contributed by atoms with Crippen LogP contribution >= 0.6 is 11.6 Å². The van der Waals surface area contributed by atoms with Crippen LogP contribution in [0.25, 0.3) is 33.1 Å². The van der Waals surface area contributed by atoms with Gasteiger partial charge in [0.1, 0.15) is 10.8 Å². The number of para-hydroxylation sites is 1. The highest BCUT2D eigenvalue weighted by Gasteiger charge is 2.19. The molecule has 0 unspecified atom stereocenters. The summed E-state index contributed by atoms with van der Waals surface area (Å²) >= 11 is 6.60. The van der Waals surface area contributed by atoms with Crippen LogP contribution in [0.3, 0.4) is 0 Å². The van der Waals surface area contributed by atoms with Gasteiger partial charge in [0.2, 0.25) is 0 Å². The smallest absolute Gasteiger partial charge is 0.140 e. The van der Waals surface area contributed by atoms with Gasteiger partial charge in [-0.2, -0.15) is 0 Å². The van der Waals surface area contributed by atoms with Gasteiger partial charge in [0.25, 0.3) is 0 Å². The van der Waals surface area contributed by atoms with E-state index in [-0.39, 0.29) is 0 Å². The maximum absolute atomic E-state index is 6.60. The second-order valence-corrected chi connectivity index (χ2v) is 6.61. The molecule has 0 aliphatic rings. The van der Waals surface area contributed by atoms with Crippen LogP contribution in [0, 0.1) is 0 Å². The predicted octanol–water partition coefficient (Wildman–Crippen LogP) is 5.10. The van der Waals surface area contributed by atoms with Gasteiger partial charge in [0, 0.05) is 28.4 Å². The molecule has 2 aromatic heterocycles. The maximum atomic E-state index is 6.60. The van der Waals surface area contributed by atoms with Gasteiger partial charge in [-0.15, -0.1) is 0 Å². The molecule has 2 heterocycles. The quantitative estimate of drug-likeness (QED) is 0.528. The fourth-order valence-electron chi connectivity index (χ4n) is 3.29. The first kappa shape index (κ1) is 15.2. The van der Waals surface area contributed by atoms with Crippen LogP contribution in [-0.4, -0.2) is 29.0 Å². The van der Waals surface area contributed by atoms with Crippen molar-refractivity contribution in [2.24, 2.45) is 0 Å². The van der Waals surface area contributed by atoms with E-state index < -0.39 is 0 Å². The number of hydrogen-bond donors (Lipinski definition) is 1. The monoisotopic (exact) mass is 335 g/mol. The van der Waals surface area contributed by atoms with Crippen molar-refractivity contribution in [3.8, 4) is 11.1 Å². The molecular formula is C20H18ClN3. The lowest BCUT2D eigenvalue weighted by atomic mass is 9.97. The molecule has 4 rings (SSSR count). The first-order chi connectivity index (χ1) is 11.6. The molecule has 0 aliphatic carbocycles. The Balaban J connectivity index is 2.14. The van der Waals surface area contributed by atoms with Crippen molar-refractivity contribution >= 4 is 33.5 Å². The van der Waals surface area contributed by atoms with E-state index >= 15 is 0 Å². The van der Waals surface area contributed by atoms with Crippen LogP contribution in [0.15, 0.2) is 54.6 Å². The van der Waals surface area contributed by atoms with E-state index in [2.05, 4.69) is 59.3 Å². The van der Waals surface area contributed by atoms with E-state index in [9.17, 15) is 0 Å². The second-order valence-electron chi connectivity index (χ2n) is 6.25. The summed E-state index contributed by atoms with van der Waals surface area (Å²) in [6, 6.07) is 18.6. The van der Waals surface area contributed by atoms with Crippen molar-refractivity contribution < 1.29 is 0 Å². The van der Waals surface area contributed by atoms with E-state index in [1.54, 1.807) is 0 Å². The Kier molecular flexibility index (Phi) is 3.75. The van der Waals surface area contributed by atoms with Gasteiger partial charge in [-0.3, -0.25) is 0 Å². The van der Waals surface area contributed by atoms with Crippen molar-refractivity contribution in [1.29, 1.82) is 0 Å². The molecule has 120 valence electrons. The fraction of sp³-hybridized carbons (Fsp3) is 0.150. The molecule has 2 aromatic carbocycles. The fourth-order valence-corrected chi connectivity index (χ4v) is 3.60.